The molecule has 0 aliphatic rings. The van der Waals surface area contributed by atoms with Crippen LogP contribution in [0.1, 0.15) is 32.9 Å². The number of amides is 1. The zero-order valence-electron chi connectivity index (χ0n) is 14.5. The molecule has 0 bridgehead atoms. The molecule has 0 radical (unpaired) electrons. The first-order chi connectivity index (χ1) is 11.9. The van der Waals surface area contributed by atoms with E-state index in [2.05, 4.69) is 10.4 Å². The molecular formula is C20H20FN3O. The predicted molar refractivity (Wildman–Crippen MR) is 96.3 cm³/mol. The van der Waals surface area contributed by atoms with Crippen molar-refractivity contribution in [3.63, 3.8) is 0 Å². The van der Waals surface area contributed by atoms with Crippen LogP contribution in [0.25, 0.3) is 0 Å². The van der Waals surface area contributed by atoms with Crippen LogP contribution in [-0.4, -0.2) is 15.7 Å². The van der Waals surface area contributed by atoms with Crippen molar-refractivity contribution in [3.05, 3.63) is 82.4 Å². The summed E-state index contributed by atoms with van der Waals surface area (Å²) in [5.41, 5.74) is 4.72. The van der Waals surface area contributed by atoms with Crippen LogP contribution in [0.5, 0.6) is 0 Å². The largest absolute Gasteiger partial charge is 0.319 e. The fourth-order valence-electron chi connectivity index (χ4n) is 2.81. The summed E-state index contributed by atoms with van der Waals surface area (Å²) in [6.07, 6.45) is 0. The van der Waals surface area contributed by atoms with Gasteiger partial charge in [0, 0.05) is 5.56 Å². The molecule has 2 aromatic carbocycles. The lowest BCUT2D eigenvalue weighted by Gasteiger charge is -2.08. The molecule has 3 aromatic rings. The van der Waals surface area contributed by atoms with Crippen molar-refractivity contribution in [2.75, 3.05) is 5.32 Å². The summed E-state index contributed by atoms with van der Waals surface area (Å²) in [6, 6.07) is 13.9. The lowest BCUT2D eigenvalue weighted by atomic mass is 10.1. The molecule has 0 atom stereocenters. The third kappa shape index (κ3) is 3.76. The molecule has 5 heteroatoms. The van der Waals surface area contributed by atoms with Gasteiger partial charge in [0.25, 0.3) is 5.91 Å². The van der Waals surface area contributed by atoms with E-state index in [9.17, 15) is 9.18 Å². The molecule has 1 N–H and O–H groups in total. The number of hydrogen-bond acceptors (Lipinski definition) is 2. The number of aryl methyl sites for hydroxylation is 2. The number of hydrogen-bond donors (Lipinski definition) is 1. The minimum atomic E-state index is -0.271. The number of nitrogens with zero attached hydrogens (tertiary/aromatic N) is 2. The molecule has 25 heavy (non-hydrogen) atoms. The summed E-state index contributed by atoms with van der Waals surface area (Å²) in [5.74, 6) is -0.438. The summed E-state index contributed by atoms with van der Waals surface area (Å²) in [5, 5.41) is 7.42. The van der Waals surface area contributed by atoms with Crippen LogP contribution in [0.15, 0.2) is 48.5 Å². The highest BCUT2D eigenvalue weighted by molar-refractivity contribution is 6.04. The summed E-state index contributed by atoms with van der Waals surface area (Å²) in [7, 11) is 0. The number of halogens is 1. The number of nitrogens with one attached hydrogen (secondary N) is 1. The molecule has 1 amide bonds. The molecule has 0 aliphatic heterocycles. The first-order valence-electron chi connectivity index (χ1n) is 8.10. The minimum absolute atomic E-state index is 0.166. The third-order valence-corrected chi connectivity index (χ3v) is 4.12. The van der Waals surface area contributed by atoms with Crippen LogP contribution in [0.2, 0.25) is 0 Å². The van der Waals surface area contributed by atoms with Gasteiger partial charge in [-0.15, -0.1) is 0 Å². The van der Waals surface area contributed by atoms with Crippen molar-refractivity contribution in [1.82, 2.24) is 9.78 Å². The summed E-state index contributed by atoms with van der Waals surface area (Å²) in [6.45, 7) is 6.14. The SMILES string of the molecule is Cc1cccc(C(=O)Nc2c(C)nn(Cc3cccc(F)c3)c2C)c1. The second-order valence-electron chi connectivity index (χ2n) is 6.16. The van der Waals surface area contributed by atoms with E-state index in [0.717, 1.165) is 22.5 Å². The van der Waals surface area contributed by atoms with Gasteiger partial charge in [-0.05, 0) is 50.6 Å². The van der Waals surface area contributed by atoms with Gasteiger partial charge in [-0.3, -0.25) is 9.48 Å². The van der Waals surface area contributed by atoms with Crippen molar-refractivity contribution in [1.29, 1.82) is 0 Å². The monoisotopic (exact) mass is 337 g/mol. The zero-order chi connectivity index (χ0) is 18.0. The molecule has 1 heterocycles. The maximum atomic E-state index is 13.4. The van der Waals surface area contributed by atoms with Crippen LogP contribution < -0.4 is 5.32 Å². The van der Waals surface area contributed by atoms with E-state index < -0.39 is 0 Å². The Kier molecular flexibility index (Phi) is 4.65. The van der Waals surface area contributed by atoms with E-state index in [1.807, 2.05) is 45.0 Å². The van der Waals surface area contributed by atoms with Crippen molar-refractivity contribution in [3.8, 4) is 0 Å². The van der Waals surface area contributed by atoms with E-state index in [-0.39, 0.29) is 11.7 Å². The van der Waals surface area contributed by atoms with Crippen LogP contribution in [0.4, 0.5) is 10.1 Å². The Morgan fingerprint density at radius 2 is 1.88 bits per heavy atom. The van der Waals surface area contributed by atoms with E-state index in [1.54, 1.807) is 16.8 Å². The molecule has 0 spiro atoms. The molecule has 0 saturated heterocycles. The molecule has 3 rings (SSSR count). The summed E-state index contributed by atoms with van der Waals surface area (Å²) in [4.78, 5) is 12.5. The number of aromatic nitrogens is 2. The first-order valence-corrected chi connectivity index (χ1v) is 8.10. The fourth-order valence-corrected chi connectivity index (χ4v) is 2.81. The minimum Gasteiger partial charge on any atom is -0.319 e. The van der Waals surface area contributed by atoms with Gasteiger partial charge in [0.15, 0.2) is 0 Å². The lowest BCUT2D eigenvalue weighted by Crippen LogP contribution is -2.13. The molecule has 0 saturated carbocycles. The van der Waals surface area contributed by atoms with Gasteiger partial charge in [-0.1, -0.05) is 29.8 Å². The molecule has 128 valence electrons. The number of benzene rings is 2. The second kappa shape index (κ2) is 6.89. The molecule has 0 aliphatic carbocycles. The smallest absolute Gasteiger partial charge is 0.255 e. The number of rotatable bonds is 4. The maximum Gasteiger partial charge on any atom is 0.255 e. The molecular weight excluding hydrogens is 317 g/mol. The molecule has 1 aromatic heterocycles. The zero-order valence-corrected chi connectivity index (χ0v) is 14.5. The second-order valence-corrected chi connectivity index (χ2v) is 6.16. The summed E-state index contributed by atoms with van der Waals surface area (Å²) < 4.78 is 15.1. The van der Waals surface area contributed by atoms with Gasteiger partial charge in [0.1, 0.15) is 5.82 Å². The first kappa shape index (κ1) is 16.9. The fraction of sp³-hybridized carbons (Fsp3) is 0.200. The highest BCUT2D eigenvalue weighted by atomic mass is 19.1. The van der Waals surface area contributed by atoms with Crippen molar-refractivity contribution in [2.45, 2.75) is 27.3 Å². The van der Waals surface area contributed by atoms with E-state index >= 15 is 0 Å². The predicted octanol–water partition coefficient (Wildman–Crippen LogP) is 4.25. The quantitative estimate of drug-likeness (QED) is 0.774. The Morgan fingerprint density at radius 3 is 2.60 bits per heavy atom. The van der Waals surface area contributed by atoms with Gasteiger partial charge in [0.05, 0.1) is 23.6 Å². The molecule has 0 unspecified atom stereocenters. The topological polar surface area (TPSA) is 46.9 Å². The average Bonchev–Trinajstić information content (AvgIpc) is 2.82. The van der Waals surface area contributed by atoms with E-state index in [1.165, 1.54) is 12.1 Å². The van der Waals surface area contributed by atoms with Gasteiger partial charge in [0.2, 0.25) is 0 Å². The van der Waals surface area contributed by atoms with Gasteiger partial charge in [-0.2, -0.15) is 5.10 Å². The van der Waals surface area contributed by atoms with Gasteiger partial charge >= 0.3 is 0 Å². The number of anilines is 1. The standard InChI is InChI=1S/C20H20FN3O/c1-13-6-4-8-17(10-13)20(25)22-19-14(2)23-24(15(19)3)12-16-7-5-9-18(21)11-16/h4-11H,12H2,1-3H3,(H,22,25). The summed E-state index contributed by atoms with van der Waals surface area (Å²) >= 11 is 0. The van der Waals surface area contributed by atoms with E-state index in [4.69, 9.17) is 0 Å². The Labute approximate surface area is 146 Å². The van der Waals surface area contributed by atoms with Crippen LogP contribution in [0, 0.1) is 26.6 Å². The van der Waals surface area contributed by atoms with Crippen molar-refractivity contribution < 1.29 is 9.18 Å². The lowest BCUT2D eigenvalue weighted by molar-refractivity contribution is 0.102. The molecule has 0 fully saturated rings. The highest BCUT2D eigenvalue weighted by Crippen LogP contribution is 2.21. The van der Waals surface area contributed by atoms with Gasteiger partial charge < -0.3 is 5.32 Å². The highest BCUT2D eigenvalue weighted by Gasteiger charge is 2.15. The maximum absolute atomic E-state index is 13.4. The van der Waals surface area contributed by atoms with Crippen LogP contribution in [-0.2, 0) is 6.54 Å². The number of carbonyl (C=O) groups excluding carboxylic acids is 1. The Bertz CT molecular complexity index is 930. The van der Waals surface area contributed by atoms with Crippen LogP contribution >= 0.6 is 0 Å². The Morgan fingerprint density at radius 1 is 1.12 bits per heavy atom. The van der Waals surface area contributed by atoms with E-state index in [0.29, 0.717) is 17.8 Å². The normalized spacial score (nSPS) is 10.7. The van der Waals surface area contributed by atoms with Crippen LogP contribution in [0.3, 0.4) is 0 Å². The third-order valence-electron chi connectivity index (χ3n) is 4.12. The average molecular weight is 337 g/mol. The number of carbonyl (C=O) groups is 1. The van der Waals surface area contributed by atoms with Crippen molar-refractivity contribution in [2.24, 2.45) is 0 Å². The molecule has 4 nitrogen and oxygen atoms in total. The van der Waals surface area contributed by atoms with Crippen molar-refractivity contribution >= 4 is 11.6 Å². The Balaban J connectivity index is 1.83. The Hall–Kier alpha value is -2.95. The van der Waals surface area contributed by atoms with Gasteiger partial charge in [-0.25, -0.2) is 4.39 Å².